The molecule has 2 aromatic carbocycles. The number of hydrogen-bond donors (Lipinski definition) is 2. The second kappa shape index (κ2) is 8.00. The first-order valence-electron chi connectivity index (χ1n) is 7.13. The van der Waals surface area contributed by atoms with Crippen molar-refractivity contribution in [3.05, 3.63) is 62.6 Å². The number of amides is 1. The van der Waals surface area contributed by atoms with Crippen molar-refractivity contribution in [1.82, 2.24) is 4.72 Å². The summed E-state index contributed by atoms with van der Waals surface area (Å²) >= 11 is 11.7. The zero-order valence-electron chi connectivity index (χ0n) is 13.3. The highest BCUT2D eigenvalue weighted by molar-refractivity contribution is 7.89. The standard InChI is InChI=1S/C15H13Cl2N3O5S/c1-9(15(21)18-11-3-2-4-12(8-11)20(22)23)19-26(24,25)14-7-10(16)5-6-13(14)17/h2-9,19H,1H3,(H,18,21)/t9-/m1/s1. The van der Waals surface area contributed by atoms with Crippen LogP contribution in [0.1, 0.15) is 6.92 Å². The van der Waals surface area contributed by atoms with Crippen LogP contribution < -0.4 is 10.0 Å². The second-order valence-electron chi connectivity index (χ2n) is 5.21. The van der Waals surface area contributed by atoms with Crippen molar-refractivity contribution < 1.29 is 18.1 Å². The van der Waals surface area contributed by atoms with E-state index in [1.165, 1.54) is 37.3 Å². The Balaban J connectivity index is 2.14. The van der Waals surface area contributed by atoms with Crippen LogP contribution in [0.2, 0.25) is 10.0 Å². The van der Waals surface area contributed by atoms with Crippen molar-refractivity contribution in [2.24, 2.45) is 0 Å². The fourth-order valence-corrected chi connectivity index (χ4v) is 3.95. The maximum atomic E-state index is 12.4. The molecule has 0 aliphatic rings. The van der Waals surface area contributed by atoms with Crippen LogP contribution in [-0.4, -0.2) is 25.3 Å². The summed E-state index contributed by atoms with van der Waals surface area (Å²) in [5, 5.41) is 13.3. The van der Waals surface area contributed by atoms with Crippen molar-refractivity contribution in [3.63, 3.8) is 0 Å². The molecule has 26 heavy (non-hydrogen) atoms. The molecule has 0 aromatic heterocycles. The van der Waals surface area contributed by atoms with Gasteiger partial charge in [-0.15, -0.1) is 0 Å². The highest BCUT2D eigenvalue weighted by atomic mass is 35.5. The molecule has 0 spiro atoms. The van der Waals surface area contributed by atoms with Gasteiger partial charge in [0.05, 0.1) is 16.0 Å². The molecule has 0 heterocycles. The average molecular weight is 418 g/mol. The van der Waals surface area contributed by atoms with Gasteiger partial charge < -0.3 is 5.32 Å². The highest BCUT2D eigenvalue weighted by Crippen LogP contribution is 2.25. The van der Waals surface area contributed by atoms with E-state index in [4.69, 9.17) is 23.2 Å². The fraction of sp³-hybridized carbons (Fsp3) is 0.133. The summed E-state index contributed by atoms with van der Waals surface area (Å²) in [4.78, 5) is 22.1. The van der Waals surface area contributed by atoms with E-state index in [-0.39, 0.29) is 26.3 Å². The summed E-state index contributed by atoms with van der Waals surface area (Å²) < 4.78 is 27.0. The van der Waals surface area contributed by atoms with Crippen LogP contribution in [0.5, 0.6) is 0 Å². The van der Waals surface area contributed by atoms with E-state index in [0.29, 0.717) is 0 Å². The molecule has 2 N–H and O–H groups in total. The number of hydrogen-bond acceptors (Lipinski definition) is 5. The number of rotatable bonds is 6. The van der Waals surface area contributed by atoms with Crippen LogP contribution in [0.4, 0.5) is 11.4 Å². The molecule has 1 amide bonds. The quantitative estimate of drug-likeness (QED) is 0.552. The number of anilines is 1. The molecule has 138 valence electrons. The number of sulfonamides is 1. The lowest BCUT2D eigenvalue weighted by Crippen LogP contribution is -2.41. The topological polar surface area (TPSA) is 118 Å². The molecule has 2 rings (SSSR count). The molecule has 0 unspecified atom stereocenters. The van der Waals surface area contributed by atoms with Gasteiger partial charge >= 0.3 is 0 Å². The Morgan fingerprint density at radius 2 is 1.88 bits per heavy atom. The lowest BCUT2D eigenvalue weighted by atomic mass is 10.2. The number of carbonyl (C=O) groups is 1. The number of nitro groups is 1. The predicted octanol–water partition coefficient (Wildman–Crippen LogP) is 3.21. The van der Waals surface area contributed by atoms with Gasteiger partial charge in [0, 0.05) is 22.8 Å². The van der Waals surface area contributed by atoms with Crippen molar-refractivity contribution >= 4 is 50.5 Å². The number of halogens is 2. The third-order valence-electron chi connectivity index (χ3n) is 3.23. The molecule has 0 fully saturated rings. The van der Waals surface area contributed by atoms with Crippen molar-refractivity contribution in [1.29, 1.82) is 0 Å². The maximum Gasteiger partial charge on any atom is 0.271 e. The van der Waals surface area contributed by atoms with Crippen LogP contribution in [-0.2, 0) is 14.8 Å². The normalized spacial score (nSPS) is 12.4. The predicted molar refractivity (Wildman–Crippen MR) is 98.0 cm³/mol. The van der Waals surface area contributed by atoms with E-state index >= 15 is 0 Å². The molecule has 0 aliphatic heterocycles. The molecule has 0 saturated carbocycles. The molecule has 8 nitrogen and oxygen atoms in total. The van der Waals surface area contributed by atoms with E-state index in [0.717, 1.165) is 12.1 Å². The van der Waals surface area contributed by atoms with Gasteiger partial charge in [-0.2, -0.15) is 4.72 Å². The number of nitrogens with zero attached hydrogens (tertiary/aromatic N) is 1. The molecule has 2 aromatic rings. The number of non-ortho nitro benzene ring substituents is 1. The van der Waals surface area contributed by atoms with Gasteiger partial charge in [0.2, 0.25) is 15.9 Å². The summed E-state index contributed by atoms with van der Waals surface area (Å²) in [7, 11) is -4.11. The fourth-order valence-electron chi connectivity index (χ4n) is 1.98. The smallest absolute Gasteiger partial charge is 0.271 e. The zero-order valence-corrected chi connectivity index (χ0v) is 15.6. The SMILES string of the molecule is C[C@@H](NS(=O)(=O)c1cc(Cl)ccc1Cl)C(=O)Nc1cccc([N+](=O)[O-])c1. The van der Waals surface area contributed by atoms with E-state index in [2.05, 4.69) is 10.0 Å². The monoisotopic (exact) mass is 417 g/mol. The maximum absolute atomic E-state index is 12.4. The third kappa shape index (κ3) is 4.92. The summed E-state index contributed by atoms with van der Waals surface area (Å²) in [5.41, 5.74) is -0.0437. The Bertz CT molecular complexity index is 966. The molecular formula is C15H13Cl2N3O5S. The molecule has 0 bridgehead atoms. The van der Waals surface area contributed by atoms with Gasteiger partial charge in [-0.25, -0.2) is 8.42 Å². The number of nitrogens with one attached hydrogen (secondary N) is 2. The number of carbonyl (C=O) groups excluding carboxylic acids is 1. The van der Waals surface area contributed by atoms with Crippen LogP contribution >= 0.6 is 23.2 Å². The van der Waals surface area contributed by atoms with Crippen molar-refractivity contribution in [2.75, 3.05) is 5.32 Å². The Morgan fingerprint density at radius 3 is 2.54 bits per heavy atom. The van der Waals surface area contributed by atoms with Gasteiger partial charge in [0.25, 0.3) is 5.69 Å². The van der Waals surface area contributed by atoms with Crippen LogP contribution in [0.3, 0.4) is 0 Å². The van der Waals surface area contributed by atoms with E-state index in [9.17, 15) is 23.3 Å². The molecule has 0 saturated heterocycles. The zero-order chi connectivity index (χ0) is 19.5. The molecule has 11 heteroatoms. The Kier molecular flexibility index (Phi) is 6.19. The first-order chi connectivity index (χ1) is 12.1. The molecule has 0 radical (unpaired) electrons. The van der Waals surface area contributed by atoms with E-state index < -0.39 is 26.9 Å². The van der Waals surface area contributed by atoms with E-state index in [1.54, 1.807) is 0 Å². The first-order valence-corrected chi connectivity index (χ1v) is 9.37. The second-order valence-corrected chi connectivity index (χ2v) is 7.74. The van der Waals surface area contributed by atoms with Crippen LogP contribution in [0.15, 0.2) is 47.4 Å². The van der Waals surface area contributed by atoms with Gasteiger partial charge in [-0.1, -0.05) is 29.3 Å². The summed E-state index contributed by atoms with van der Waals surface area (Å²) in [6.07, 6.45) is 0. The summed E-state index contributed by atoms with van der Waals surface area (Å²) in [6.45, 7) is 1.32. The minimum Gasteiger partial charge on any atom is -0.324 e. The lowest BCUT2D eigenvalue weighted by molar-refractivity contribution is -0.384. The Hall–Kier alpha value is -2.20. The minimum atomic E-state index is -4.11. The number of benzene rings is 2. The van der Waals surface area contributed by atoms with Gasteiger partial charge in [-0.05, 0) is 31.2 Å². The van der Waals surface area contributed by atoms with E-state index in [1.807, 2.05) is 0 Å². The lowest BCUT2D eigenvalue weighted by Gasteiger charge is -2.15. The molecular weight excluding hydrogens is 405 g/mol. The minimum absolute atomic E-state index is 0.0480. The Morgan fingerprint density at radius 1 is 1.19 bits per heavy atom. The van der Waals surface area contributed by atoms with Crippen LogP contribution in [0, 0.1) is 10.1 Å². The molecule has 1 atom stereocenters. The van der Waals surface area contributed by atoms with Crippen molar-refractivity contribution in [3.8, 4) is 0 Å². The summed E-state index contributed by atoms with van der Waals surface area (Å²) in [6, 6.07) is 8.02. The summed E-state index contributed by atoms with van der Waals surface area (Å²) in [5.74, 6) is -0.702. The number of nitro benzene ring substituents is 1. The van der Waals surface area contributed by atoms with Crippen molar-refractivity contribution in [2.45, 2.75) is 17.9 Å². The highest BCUT2D eigenvalue weighted by Gasteiger charge is 2.24. The van der Waals surface area contributed by atoms with Gasteiger partial charge in [0.1, 0.15) is 4.90 Å². The third-order valence-corrected chi connectivity index (χ3v) is 5.49. The van der Waals surface area contributed by atoms with Gasteiger partial charge in [-0.3, -0.25) is 14.9 Å². The Labute approximate surface area is 159 Å². The average Bonchev–Trinajstić information content (AvgIpc) is 2.56. The van der Waals surface area contributed by atoms with Gasteiger partial charge in [0.15, 0.2) is 0 Å². The largest absolute Gasteiger partial charge is 0.324 e. The first kappa shape index (κ1) is 20.1. The van der Waals surface area contributed by atoms with Crippen LogP contribution in [0.25, 0.3) is 0 Å². The molecule has 0 aliphatic carbocycles.